The molecule has 0 heterocycles. The predicted octanol–water partition coefficient (Wildman–Crippen LogP) is 4.37. The Morgan fingerprint density at radius 3 is 2.35 bits per heavy atom. The van der Waals surface area contributed by atoms with E-state index < -0.39 is 0 Å². The third-order valence-electron chi connectivity index (χ3n) is 4.69. The van der Waals surface area contributed by atoms with E-state index in [0.29, 0.717) is 0 Å². The average Bonchev–Trinajstić information content (AvgIpc) is 3.32. The molecule has 2 nitrogen and oxygen atoms in total. The van der Waals surface area contributed by atoms with Crippen molar-refractivity contribution in [2.24, 2.45) is 0 Å². The van der Waals surface area contributed by atoms with E-state index in [-0.39, 0.29) is 29.6 Å². The van der Waals surface area contributed by atoms with Gasteiger partial charge in [0, 0.05) is 15.9 Å². The summed E-state index contributed by atoms with van der Waals surface area (Å²) in [6.45, 7) is 2.07. The first kappa shape index (κ1) is 16.2. The number of benzene rings is 2. The molecule has 1 N–H and O–H groups in total. The van der Waals surface area contributed by atoms with E-state index in [4.69, 9.17) is 0 Å². The van der Waals surface area contributed by atoms with Gasteiger partial charge in [-0.1, -0.05) is 40.2 Å². The van der Waals surface area contributed by atoms with E-state index in [0.717, 1.165) is 22.9 Å². The monoisotopic (exact) mass is 375 g/mol. The normalized spacial score (nSPS) is 16.7. The highest BCUT2D eigenvalue weighted by molar-refractivity contribution is 9.10. The standard InChI is InChI=1S/C19H19BrFNO/c1-13(19(10-11-19)15-4-6-16(20)7-5-15)22-18(23)12-14-2-8-17(21)9-3-14/h2-9,13H,10-12H2,1H3,(H,22,23). The van der Waals surface area contributed by atoms with Gasteiger partial charge in [-0.2, -0.15) is 0 Å². The minimum Gasteiger partial charge on any atom is -0.352 e. The van der Waals surface area contributed by atoms with Crippen molar-refractivity contribution in [3.05, 3.63) is 69.9 Å². The van der Waals surface area contributed by atoms with Crippen LogP contribution in [0.4, 0.5) is 4.39 Å². The zero-order chi connectivity index (χ0) is 16.4. The summed E-state index contributed by atoms with van der Waals surface area (Å²) in [5.41, 5.74) is 2.15. The Bertz CT molecular complexity index is 692. The summed E-state index contributed by atoms with van der Waals surface area (Å²) in [7, 11) is 0. The average molecular weight is 376 g/mol. The van der Waals surface area contributed by atoms with Crippen LogP contribution >= 0.6 is 15.9 Å². The smallest absolute Gasteiger partial charge is 0.224 e. The minimum absolute atomic E-state index is 0.0208. The summed E-state index contributed by atoms with van der Waals surface area (Å²) in [4.78, 5) is 12.3. The van der Waals surface area contributed by atoms with Crippen LogP contribution in [0.15, 0.2) is 53.0 Å². The van der Waals surface area contributed by atoms with Crippen molar-refractivity contribution in [1.29, 1.82) is 0 Å². The first-order chi connectivity index (χ1) is 11.0. The second kappa shape index (κ2) is 6.44. The molecule has 1 aliphatic rings. The van der Waals surface area contributed by atoms with E-state index in [2.05, 4.69) is 40.3 Å². The second-order valence-electron chi connectivity index (χ2n) is 6.26. The van der Waals surface area contributed by atoms with E-state index in [1.807, 2.05) is 12.1 Å². The number of carbonyl (C=O) groups is 1. The van der Waals surface area contributed by atoms with Crippen LogP contribution < -0.4 is 5.32 Å². The molecular weight excluding hydrogens is 357 g/mol. The van der Waals surface area contributed by atoms with Crippen LogP contribution in [0.5, 0.6) is 0 Å². The Kier molecular flexibility index (Phi) is 4.53. The zero-order valence-electron chi connectivity index (χ0n) is 13.0. The predicted molar refractivity (Wildman–Crippen MR) is 92.8 cm³/mol. The largest absolute Gasteiger partial charge is 0.352 e. The number of hydrogen-bond acceptors (Lipinski definition) is 1. The summed E-state index contributed by atoms with van der Waals surface area (Å²) < 4.78 is 14.0. The number of amides is 1. The lowest BCUT2D eigenvalue weighted by Crippen LogP contribution is -2.42. The number of halogens is 2. The number of hydrogen-bond donors (Lipinski definition) is 1. The third kappa shape index (κ3) is 3.63. The molecule has 0 aromatic heterocycles. The molecule has 1 saturated carbocycles. The molecule has 0 saturated heterocycles. The molecule has 1 aliphatic carbocycles. The van der Waals surface area contributed by atoms with E-state index in [9.17, 15) is 9.18 Å². The molecule has 0 bridgehead atoms. The van der Waals surface area contributed by atoms with Crippen molar-refractivity contribution >= 4 is 21.8 Å². The highest BCUT2D eigenvalue weighted by atomic mass is 79.9. The zero-order valence-corrected chi connectivity index (χ0v) is 14.6. The van der Waals surface area contributed by atoms with Crippen molar-refractivity contribution in [3.8, 4) is 0 Å². The van der Waals surface area contributed by atoms with Gasteiger partial charge in [-0.05, 0) is 55.2 Å². The maximum Gasteiger partial charge on any atom is 0.224 e. The van der Waals surface area contributed by atoms with Crippen LogP contribution in [0.1, 0.15) is 30.9 Å². The van der Waals surface area contributed by atoms with Crippen molar-refractivity contribution in [3.63, 3.8) is 0 Å². The van der Waals surface area contributed by atoms with E-state index >= 15 is 0 Å². The first-order valence-electron chi connectivity index (χ1n) is 7.79. The van der Waals surface area contributed by atoms with Gasteiger partial charge in [-0.3, -0.25) is 4.79 Å². The first-order valence-corrected chi connectivity index (χ1v) is 8.59. The van der Waals surface area contributed by atoms with Gasteiger partial charge in [0.1, 0.15) is 5.82 Å². The molecule has 1 fully saturated rings. The fraction of sp³-hybridized carbons (Fsp3) is 0.316. The third-order valence-corrected chi connectivity index (χ3v) is 5.22. The Balaban J connectivity index is 1.64. The molecule has 4 heteroatoms. The quantitative estimate of drug-likeness (QED) is 0.825. The summed E-state index contributed by atoms with van der Waals surface area (Å²) in [5, 5.41) is 3.11. The molecule has 0 spiro atoms. The number of nitrogens with one attached hydrogen (secondary N) is 1. The number of rotatable bonds is 5. The summed E-state index contributed by atoms with van der Waals surface area (Å²) >= 11 is 3.46. The van der Waals surface area contributed by atoms with Crippen molar-refractivity contribution in [2.75, 3.05) is 0 Å². The fourth-order valence-electron chi connectivity index (χ4n) is 3.11. The molecule has 0 radical (unpaired) electrons. The topological polar surface area (TPSA) is 29.1 Å². The Hall–Kier alpha value is -1.68. The maximum absolute atomic E-state index is 12.9. The fourth-order valence-corrected chi connectivity index (χ4v) is 3.37. The van der Waals surface area contributed by atoms with Crippen LogP contribution in [0.25, 0.3) is 0 Å². The molecule has 3 rings (SSSR count). The maximum atomic E-state index is 12.9. The number of carbonyl (C=O) groups excluding carboxylic acids is 1. The van der Waals surface area contributed by atoms with Crippen molar-refractivity contribution in [1.82, 2.24) is 5.32 Å². The van der Waals surface area contributed by atoms with E-state index in [1.54, 1.807) is 12.1 Å². The van der Waals surface area contributed by atoms with Gasteiger partial charge < -0.3 is 5.32 Å². The van der Waals surface area contributed by atoms with Crippen molar-refractivity contribution < 1.29 is 9.18 Å². The highest BCUT2D eigenvalue weighted by Crippen LogP contribution is 2.51. The Morgan fingerprint density at radius 2 is 1.78 bits per heavy atom. The molecule has 1 unspecified atom stereocenters. The van der Waals surface area contributed by atoms with Gasteiger partial charge in [-0.25, -0.2) is 4.39 Å². The summed E-state index contributed by atoms with van der Waals surface area (Å²) in [5.74, 6) is -0.304. The molecule has 120 valence electrons. The molecule has 2 aromatic rings. The SMILES string of the molecule is CC(NC(=O)Cc1ccc(F)cc1)C1(c2ccc(Br)cc2)CC1. The van der Waals surface area contributed by atoms with Crippen LogP contribution in [0.3, 0.4) is 0 Å². The van der Waals surface area contributed by atoms with Gasteiger partial charge in [0.25, 0.3) is 0 Å². The molecular formula is C19H19BrFNO. The van der Waals surface area contributed by atoms with Crippen LogP contribution in [0, 0.1) is 5.82 Å². The molecule has 1 amide bonds. The summed E-state index contributed by atoms with van der Waals surface area (Å²) in [6, 6.07) is 14.5. The van der Waals surface area contributed by atoms with Crippen LogP contribution in [0.2, 0.25) is 0 Å². The van der Waals surface area contributed by atoms with Crippen molar-refractivity contribution in [2.45, 2.75) is 37.6 Å². The lowest BCUT2D eigenvalue weighted by atomic mass is 9.89. The Labute approximate surface area is 144 Å². The molecule has 1 atom stereocenters. The van der Waals surface area contributed by atoms with E-state index in [1.165, 1.54) is 17.7 Å². The summed E-state index contributed by atoms with van der Waals surface area (Å²) in [6.07, 6.45) is 2.46. The van der Waals surface area contributed by atoms with Crippen LogP contribution in [-0.2, 0) is 16.6 Å². The van der Waals surface area contributed by atoms with Gasteiger partial charge in [0.2, 0.25) is 5.91 Å². The Morgan fingerprint density at radius 1 is 1.17 bits per heavy atom. The van der Waals surface area contributed by atoms with Gasteiger partial charge in [0.05, 0.1) is 6.42 Å². The van der Waals surface area contributed by atoms with Gasteiger partial charge >= 0.3 is 0 Å². The molecule has 0 aliphatic heterocycles. The highest BCUT2D eigenvalue weighted by Gasteiger charge is 2.49. The van der Waals surface area contributed by atoms with Gasteiger partial charge in [-0.15, -0.1) is 0 Å². The lowest BCUT2D eigenvalue weighted by Gasteiger charge is -2.25. The van der Waals surface area contributed by atoms with Gasteiger partial charge in [0.15, 0.2) is 0 Å². The second-order valence-corrected chi connectivity index (χ2v) is 7.17. The lowest BCUT2D eigenvalue weighted by molar-refractivity contribution is -0.121. The molecule has 2 aromatic carbocycles. The molecule has 23 heavy (non-hydrogen) atoms. The van der Waals surface area contributed by atoms with Crippen LogP contribution in [-0.4, -0.2) is 11.9 Å². The minimum atomic E-state index is -0.283.